The molecule has 0 unspecified atom stereocenters. The number of benzene rings is 2. The molecule has 2 aromatic carbocycles. The first-order valence-electron chi connectivity index (χ1n) is 7.33. The Bertz CT molecular complexity index is 862. The van der Waals surface area contributed by atoms with Crippen LogP contribution < -0.4 is 0 Å². The van der Waals surface area contributed by atoms with Gasteiger partial charge in [0.25, 0.3) is 0 Å². The van der Waals surface area contributed by atoms with E-state index < -0.39 is 33.3 Å². The van der Waals surface area contributed by atoms with Gasteiger partial charge >= 0.3 is 12.4 Å². The van der Waals surface area contributed by atoms with Crippen LogP contribution in [-0.2, 0) is 22.2 Å². The molecular formula is C18H12F6O2S. The lowest BCUT2D eigenvalue weighted by Crippen LogP contribution is -2.04. The van der Waals surface area contributed by atoms with Gasteiger partial charge < -0.3 is 0 Å². The minimum atomic E-state index is -4.49. The first-order chi connectivity index (χ1) is 12.4. The Hall–Kier alpha value is -2.55. The maximum atomic E-state index is 12.5. The van der Waals surface area contributed by atoms with Crippen LogP contribution in [0, 0.1) is 0 Å². The van der Waals surface area contributed by atoms with Gasteiger partial charge in [0.15, 0.2) is 9.84 Å². The van der Waals surface area contributed by atoms with Crippen molar-refractivity contribution >= 4 is 22.0 Å². The molecule has 0 bridgehead atoms. The van der Waals surface area contributed by atoms with Crippen LogP contribution in [0.15, 0.2) is 59.3 Å². The zero-order chi connectivity index (χ0) is 20.3. The van der Waals surface area contributed by atoms with E-state index in [0.29, 0.717) is 0 Å². The third-order valence-electron chi connectivity index (χ3n) is 3.38. The molecular weight excluding hydrogens is 394 g/mol. The van der Waals surface area contributed by atoms with Crippen molar-refractivity contribution in [2.24, 2.45) is 0 Å². The molecule has 0 amide bonds. The fourth-order valence-corrected chi connectivity index (χ4v) is 2.74. The Kier molecular flexibility index (Phi) is 5.84. The maximum absolute atomic E-state index is 12.5. The van der Waals surface area contributed by atoms with Crippen molar-refractivity contribution < 1.29 is 34.8 Å². The molecule has 144 valence electrons. The summed E-state index contributed by atoms with van der Waals surface area (Å²) in [5, 5.41) is 1.58. The highest BCUT2D eigenvalue weighted by molar-refractivity contribution is 7.97. The zero-order valence-corrected chi connectivity index (χ0v) is 14.2. The van der Waals surface area contributed by atoms with Gasteiger partial charge in [-0.3, -0.25) is 0 Å². The minimum Gasteiger partial charge on any atom is -0.220 e. The second kappa shape index (κ2) is 7.59. The molecule has 0 heterocycles. The highest BCUT2D eigenvalue weighted by Crippen LogP contribution is 2.30. The molecule has 0 aromatic heterocycles. The topological polar surface area (TPSA) is 34.1 Å². The lowest BCUT2D eigenvalue weighted by molar-refractivity contribution is -0.138. The molecule has 0 saturated carbocycles. The van der Waals surface area contributed by atoms with Gasteiger partial charge in [-0.15, -0.1) is 0 Å². The van der Waals surface area contributed by atoms with Gasteiger partial charge in [0.05, 0.1) is 11.1 Å². The van der Waals surface area contributed by atoms with E-state index in [9.17, 15) is 34.8 Å². The van der Waals surface area contributed by atoms with Crippen molar-refractivity contribution in [3.8, 4) is 0 Å². The van der Waals surface area contributed by atoms with Crippen molar-refractivity contribution in [3.63, 3.8) is 0 Å². The molecule has 2 rings (SSSR count). The van der Waals surface area contributed by atoms with Gasteiger partial charge in [-0.2, -0.15) is 26.3 Å². The summed E-state index contributed by atoms with van der Waals surface area (Å²) in [6.07, 6.45) is -6.74. The quantitative estimate of drug-likeness (QED) is 0.603. The molecule has 0 aliphatic carbocycles. The van der Waals surface area contributed by atoms with E-state index in [2.05, 4.69) is 0 Å². The normalized spacial score (nSPS) is 13.6. The van der Waals surface area contributed by atoms with Crippen molar-refractivity contribution in [2.75, 3.05) is 0 Å². The number of alkyl halides is 6. The number of sulfone groups is 1. The van der Waals surface area contributed by atoms with Gasteiger partial charge in [0, 0.05) is 10.8 Å². The molecule has 2 aromatic rings. The van der Waals surface area contributed by atoms with Crippen molar-refractivity contribution in [1.82, 2.24) is 0 Å². The highest BCUT2D eigenvalue weighted by Gasteiger charge is 2.30. The van der Waals surface area contributed by atoms with Crippen LogP contribution in [-0.4, -0.2) is 8.42 Å². The summed E-state index contributed by atoms with van der Waals surface area (Å²) < 4.78 is 98.6. The van der Waals surface area contributed by atoms with E-state index in [1.165, 1.54) is 0 Å². The summed E-state index contributed by atoms with van der Waals surface area (Å²) in [7, 11) is -3.86. The minimum absolute atomic E-state index is 0.245. The summed E-state index contributed by atoms with van der Waals surface area (Å²) in [6.45, 7) is 0. The predicted octanol–water partition coefficient (Wildman–Crippen LogP) is 5.78. The summed E-state index contributed by atoms with van der Waals surface area (Å²) >= 11 is 0. The number of rotatable bonds is 4. The maximum Gasteiger partial charge on any atom is 0.416 e. The molecule has 0 radical (unpaired) electrons. The Morgan fingerprint density at radius 2 is 0.889 bits per heavy atom. The molecule has 27 heavy (non-hydrogen) atoms. The van der Waals surface area contributed by atoms with Gasteiger partial charge in [0.1, 0.15) is 0 Å². The summed E-state index contributed by atoms with van der Waals surface area (Å²) in [5.41, 5.74) is -1.22. The Morgan fingerprint density at radius 1 is 0.593 bits per heavy atom. The monoisotopic (exact) mass is 406 g/mol. The molecule has 0 N–H and O–H groups in total. The third kappa shape index (κ3) is 6.28. The van der Waals surface area contributed by atoms with E-state index in [1.54, 1.807) is 0 Å². The van der Waals surface area contributed by atoms with Gasteiger partial charge in [-0.25, -0.2) is 8.42 Å². The zero-order valence-electron chi connectivity index (χ0n) is 13.4. The average molecular weight is 406 g/mol. The van der Waals surface area contributed by atoms with E-state index in [1.807, 2.05) is 0 Å². The number of halogens is 6. The summed E-state index contributed by atoms with van der Waals surface area (Å²) in [4.78, 5) is 0. The van der Waals surface area contributed by atoms with E-state index in [-0.39, 0.29) is 11.1 Å². The SMILES string of the molecule is O=S(=O)(C=Cc1ccc(C(F)(F)F)cc1)C=Cc1ccc(C(F)(F)F)cc1. The average Bonchev–Trinajstić information content (AvgIpc) is 2.58. The Balaban J connectivity index is 2.10. The summed E-state index contributed by atoms with van der Waals surface area (Å²) in [5.74, 6) is 0. The molecule has 0 atom stereocenters. The van der Waals surface area contributed by atoms with E-state index in [0.717, 1.165) is 71.5 Å². The van der Waals surface area contributed by atoms with Gasteiger partial charge in [0.2, 0.25) is 0 Å². The molecule has 0 fully saturated rings. The van der Waals surface area contributed by atoms with Gasteiger partial charge in [-0.05, 0) is 47.5 Å². The first kappa shape index (κ1) is 20.8. The molecule has 0 spiro atoms. The van der Waals surface area contributed by atoms with Crippen molar-refractivity contribution in [3.05, 3.63) is 81.6 Å². The Labute approximate surface area is 151 Å². The van der Waals surface area contributed by atoms with Crippen LogP contribution in [0.25, 0.3) is 12.2 Å². The second-order valence-corrected chi connectivity index (χ2v) is 7.16. The van der Waals surface area contributed by atoms with Crippen molar-refractivity contribution in [2.45, 2.75) is 12.4 Å². The molecule has 0 saturated heterocycles. The van der Waals surface area contributed by atoms with Crippen LogP contribution in [0.2, 0.25) is 0 Å². The predicted molar refractivity (Wildman–Crippen MR) is 89.9 cm³/mol. The second-order valence-electron chi connectivity index (χ2n) is 5.43. The lowest BCUT2D eigenvalue weighted by atomic mass is 10.1. The Morgan fingerprint density at radius 3 is 1.15 bits per heavy atom. The fraction of sp³-hybridized carbons (Fsp3) is 0.111. The van der Waals surface area contributed by atoms with Crippen LogP contribution >= 0.6 is 0 Å². The van der Waals surface area contributed by atoms with Crippen molar-refractivity contribution in [1.29, 1.82) is 0 Å². The largest absolute Gasteiger partial charge is 0.416 e. The van der Waals surface area contributed by atoms with E-state index in [4.69, 9.17) is 0 Å². The smallest absolute Gasteiger partial charge is 0.220 e. The van der Waals surface area contributed by atoms with Crippen LogP contribution in [0.3, 0.4) is 0 Å². The fourth-order valence-electron chi connectivity index (χ4n) is 1.96. The molecule has 9 heteroatoms. The van der Waals surface area contributed by atoms with Crippen LogP contribution in [0.4, 0.5) is 26.3 Å². The highest BCUT2D eigenvalue weighted by atomic mass is 32.2. The number of hydrogen-bond donors (Lipinski definition) is 0. The number of hydrogen-bond acceptors (Lipinski definition) is 2. The molecule has 2 nitrogen and oxygen atoms in total. The molecule has 0 aliphatic rings. The third-order valence-corrected chi connectivity index (χ3v) is 4.41. The van der Waals surface area contributed by atoms with E-state index >= 15 is 0 Å². The van der Waals surface area contributed by atoms with Gasteiger partial charge in [-0.1, -0.05) is 24.3 Å². The molecule has 0 aliphatic heterocycles. The standard InChI is InChI=1S/C18H12F6O2S/c19-17(20,21)15-5-1-13(2-6-15)9-11-27(25,26)12-10-14-3-7-16(8-4-14)18(22,23)24/h1-12H. The first-order valence-corrected chi connectivity index (χ1v) is 8.93. The van der Waals surface area contributed by atoms with Crippen LogP contribution in [0.5, 0.6) is 0 Å². The lowest BCUT2D eigenvalue weighted by Gasteiger charge is -2.06. The summed E-state index contributed by atoms with van der Waals surface area (Å²) in [6, 6.07) is 7.77. The van der Waals surface area contributed by atoms with Crippen LogP contribution in [0.1, 0.15) is 22.3 Å².